The first-order valence-corrected chi connectivity index (χ1v) is 12.2. The maximum atomic E-state index is 12.8. The van der Waals surface area contributed by atoms with Crippen molar-refractivity contribution in [3.8, 4) is 11.1 Å². The number of pyridine rings is 1. The van der Waals surface area contributed by atoms with Gasteiger partial charge in [0.25, 0.3) is 5.56 Å². The monoisotopic (exact) mass is 523 g/mol. The van der Waals surface area contributed by atoms with Crippen LogP contribution in [-0.4, -0.2) is 19.2 Å². The fraction of sp³-hybridized carbons (Fsp3) is 0.143. The number of hydrogen-bond donors (Lipinski definition) is 1. The highest BCUT2D eigenvalue weighted by molar-refractivity contribution is 6.30. The Hall–Kier alpha value is -4.47. The maximum Gasteiger partial charge on any atom is 0.251 e. The predicted octanol–water partition coefficient (Wildman–Crippen LogP) is 5.71. The molecule has 0 bridgehead atoms. The minimum Gasteiger partial charge on any atom is -0.374 e. The largest absolute Gasteiger partial charge is 0.374 e. The lowest BCUT2D eigenvalue weighted by atomic mass is 9.82. The van der Waals surface area contributed by atoms with Crippen molar-refractivity contribution >= 4 is 22.5 Å². The van der Waals surface area contributed by atoms with Crippen LogP contribution in [-0.2, 0) is 19.7 Å². The van der Waals surface area contributed by atoms with Gasteiger partial charge in [-0.15, -0.1) is 10.2 Å². The molecule has 1 aliphatic rings. The first kappa shape index (κ1) is 23.9. The Balaban J connectivity index is 1.59. The summed E-state index contributed by atoms with van der Waals surface area (Å²) in [5, 5.41) is 29.0. The van der Waals surface area contributed by atoms with Crippen LogP contribution in [0.1, 0.15) is 28.6 Å². The summed E-state index contributed by atoms with van der Waals surface area (Å²) in [6, 6.07) is 22.0. The molecule has 6 rings (SSSR count). The van der Waals surface area contributed by atoms with E-state index >= 15 is 0 Å². The van der Waals surface area contributed by atoms with Gasteiger partial charge in [0.15, 0.2) is 5.60 Å². The molecule has 38 heavy (non-hydrogen) atoms. The summed E-state index contributed by atoms with van der Waals surface area (Å²) in [5.41, 5.74) is 3.21. The van der Waals surface area contributed by atoms with E-state index in [1.165, 1.54) is 0 Å². The number of aliphatic hydroxyl groups is 1. The number of aromatic nitrogens is 3. The molecule has 10 heteroatoms. The predicted molar refractivity (Wildman–Crippen MR) is 144 cm³/mol. The van der Waals surface area contributed by atoms with Gasteiger partial charge in [0.1, 0.15) is 0 Å². The van der Waals surface area contributed by atoms with Crippen LogP contribution < -0.4 is 5.56 Å². The Morgan fingerprint density at radius 3 is 2.34 bits per heavy atom. The van der Waals surface area contributed by atoms with Crippen LogP contribution in [0.4, 0.5) is 0 Å². The molecular formula is C28H22ClN7O2. The molecule has 188 valence electrons. The van der Waals surface area contributed by atoms with E-state index in [9.17, 15) is 9.90 Å². The van der Waals surface area contributed by atoms with Crippen LogP contribution in [0.25, 0.3) is 22.0 Å². The van der Waals surface area contributed by atoms with Crippen LogP contribution in [0.15, 0.2) is 111 Å². The lowest BCUT2D eigenvalue weighted by Crippen LogP contribution is -2.31. The van der Waals surface area contributed by atoms with Crippen molar-refractivity contribution in [3.05, 3.63) is 123 Å². The number of fused-ring (bicyclic) bond motifs is 1. The molecule has 3 aromatic carbocycles. The third kappa shape index (κ3) is 3.84. The molecule has 0 radical (unpaired) electrons. The summed E-state index contributed by atoms with van der Waals surface area (Å²) in [5.74, 6) is 0. The number of halogens is 1. The smallest absolute Gasteiger partial charge is 0.251 e. The number of aryl methyl sites for hydroxylation is 2. The van der Waals surface area contributed by atoms with Gasteiger partial charge in [0.2, 0.25) is 6.17 Å². The molecule has 9 nitrogen and oxygen atoms in total. The number of rotatable bonds is 5. The molecule has 0 spiro atoms. The van der Waals surface area contributed by atoms with Gasteiger partial charge in [-0.1, -0.05) is 54.1 Å². The average Bonchev–Trinajstić information content (AvgIpc) is 3.63. The van der Waals surface area contributed by atoms with E-state index in [1.807, 2.05) is 67.7 Å². The average molecular weight is 524 g/mol. The molecule has 0 saturated carbocycles. The van der Waals surface area contributed by atoms with Gasteiger partial charge < -0.3 is 14.2 Å². The van der Waals surface area contributed by atoms with Crippen molar-refractivity contribution in [3.63, 3.8) is 0 Å². The summed E-state index contributed by atoms with van der Waals surface area (Å²) in [7, 11) is 3.57. The summed E-state index contributed by atoms with van der Waals surface area (Å²) < 4.78 is 3.38. The number of nitrogens with zero attached hydrogens (tertiary/aromatic N) is 7. The minimum absolute atomic E-state index is 0.140. The molecule has 0 amide bonds. The number of benzene rings is 3. The second kappa shape index (κ2) is 9.13. The molecule has 1 atom stereocenters. The van der Waals surface area contributed by atoms with Gasteiger partial charge in [-0.3, -0.25) is 4.79 Å². The van der Waals surface area contributed by atoms with E-state index in [-0.39, 0.29) is 5.56 Å². The van der Waals surface area contributed by atoms with Crippen molar-refractivity contribution in [2.45, 2.75) is 11.8 Å². The van der Waals surface area contributed by atoms with Gasteiger partial charge in [0.05, 0.1) is 23.7 Å². The van der Waals surface area contributed by atoms with E-state index in [2.05, 4.69) is 25.7 Å². The Kier molecular flexibility index (Phi) is 5.74. The topological polar surface area (TPSA) is 109 Å². The summed E-state index contributed by atoms with van der Waals surface area (Å²) >= 11 is 6.29. The van der Waals surface area contributed by atoms with Gasteiger partial charge >= 0.3 is 0 Å². The normalized spacial score (nSPS) is 14.8. The summed E-state index contributed by atoms with van der Waals surface area (Å²) in [4.78, 5) is 17.1. The number of hydrogen-bond acceptors (Lipinski definition) is 7. The van der Waals surface area contributed by atoms with Crippen LogP contribution in [0.3, 0.4) is 0 Å². The lowest BCUT2D eigenvalue weighted by Gasteiger charge is -2.30. The maximum absolute atomic E-state index is 12.8. The molecule has 0 saturated heterocycles. The van der Waals surface area contributed by atoms with E-state index in [0.29, 0.717) is 21.8 Å². The number of imidazole rings is 1. The Morgan fingerprint density at radius 2 is 1.66 bits per heavy atom. The standard InChI is InChI=1S/C28H22ClN7O2/c1-35-16-30-15-25(35)28(38,19-8-6-17(7-9-19)27-31-33-34-32-27)20-10-11-24-23(13-20)22(14-26(37)36(24)2)18-4-3-5-21(29)12-18/h3-16,27,38H,1-2H3. The fourth-order valence-electron chi connectivity index (χ4n) is 4.95. The zero-order chi connectivity index (χ0) is 26.4. The minimum atomic E-state index is -1.56. The highest BCUT2D eigenvalue weighted by Gasteiger charge is 2.37. The third-order valence-electron chi connectivity index (χ3n) is 6.98. The van der Waals surface area contributed by atoms with Crippen LogP contribution in [0.5, 0.6) is 0 Å². The van der Waals surface area contributed by atoms with E-state index in [0.717, 1.165) is 27.6 Å². The molecule has 1 aliphatic heterocycles. The first-order valence-electron chi connectivity index (χ1n) is 11.9. The van der Waals surface area contributed by atoms with E-state index in [1.54, 1.807) is 40.8 Å². The van der Waals surface area contributed by atoms with Crippen LogP contribution in [0, 0.1) is 0 Å². The molecule has 1 N–H and O–H groups in total. The Bertz CT molecular complexity index is 1790. The SMILES string of the molecule is Cn1cncc1C(O)(c1ccc(C2N=NN=N2)cc1)c1ccc2c(c1)c(-c1cccc(Cl)c1)cc(=O)n2C. The van der Waals surface area contributed by atoms with E-state index < -0.39 is 11.8 Å². The van der Waals surface area contributed by atoms with Crippen molar-refractivity contribution in [1.29, 1.82) is 0 Å². The van der Waals surface area contributed by atoms with Crippen molar-refractivity contribution < 1.29 is 5.11 Å². The molecule has 5 aromatic rings. The van der Waals surface area contributed by atoms with Crippen LogP contribution >= 0.6 is 11.6 Å². The fourth-order valence-corrected chi connectivity index (χ4v) is 5.14. The highest BCUT2D eigenvalue weighted by Crippen LogP contribution is 2.40. The quantitative estimate of drug-likeness (QED) is 0.318. The van der Waals surface area contributed by atoms with Crippen molar-refractivity contribution in [1.82, 2.24) is 14.1 Å². The van der Waals surface area contributed by atoms with Crippen molar-refractivity contribution in [2.24, 2.45) is 34.8 Å². The molecule has 0 aliphatic carbocycles. The highest BCUT2D eigenvalue weighted by atomic mass is 35.5. The molecule has 0 fully saturated rings. The second-order valence-corrected chi connectivity index (χ2v) is 9.64. The van der Waals surface area contributed by atoms with E-state index in [4.69, 9.17) is 11.6 Å². The summed E-state index contributed by atoms with van der Waals surface area (Å²) in [6.45, 7) is 0. The first-order chi connectivity index (χ1) is 18.4. The molecule has 1 unspecified atom stereocenters. The van der Waals surface area contributed by atoms with Crippen molar-refractivity contribution in [2.75, 3.05) is 0 Å². The second-order valence-electron chi connectivity index (χ2n) is 9.20. The Morgan fingerprint density at radius 1 is 0.921 bits per heavy atom. The van der Waals surface area contributed by atoms with Gasteiger partial charge in [-0.05, 0) is 57.0 Å². The van der Waals surface area contributed by atoms with Crippen LogP contribution in [0.2, 0.25) is 5.02 Å². The van der Waals surface area contributed by atoms with Gasteiger partial charge in [-0.2, -0.15) is 0 Å². The van der Waals surface area contributed by atoms with Gasteiger partial charge in [0, 0.05) is 36.1 Å². The zero-order valence-corrected chi connectivity index (χ0v) is 21.3. The third-order valence-corrected chi connectivity index (χ3v) is 7.21. The summed E-state index contributed by atoms with van der Waals surface area (Å²) in [6.07, 6.45) is 2.81. The zero-order valence-electron chi connectivity index (χ0n) is 20.5. The lowest BCUT2D eigenvalue weighted by molar-refractivity contribution is 0.117. The molecular weight excluding hydrogens is 502 g/mol. The van der Waals surface area contributed by atoms with Gasteiger partial charge in [-0.25, -0.2) is 4.98 Å². The molecule has 2 aromatic heterocycles. The molecule has 3 heterocycles. The Labute approximate surface area is 222 Å².